The van der Waals surface area contributed by atoms with Crippen molar-refractivity contribution in [3.63, 3.8) is 0 Å². The first-order valence-electron chi connectivity index (χ1n) is 15.9. The molecule has 1 unspecified atom stereocenters. The summed E-state index contributed by atoms with van der Waals surface area (Å²) in [5.74, 6) is 0.670. The molecule has 0 spiro atoms. The minimum absolute atomic E-state index is 0. The van der Waals surface area contributed by atoms with Gasteiger partial charge in [-0.2, -0.15) is 0 Å². The van der Waals surface area contributed by atoms with Crippen LogP contribution in [-0.4, -0.2) is 93.5 Å². The van der Waals surface area contributed by atoms with E-state index in [1.807, 2.05) is 0 Å². The van der Waals surface area contributed by atoms with E-state index in [9.17, 15) is 9.59 Å². The number of methoxy groups -OCH3 is 1. The third kappa shape index (κ3) is 19.1. The summed E-state index contributed by atoms with van der Waals surface area (Å²) in [4.78, 5) is 25.4. The zero-order chi connectivity index (χ0) is 32.4. The Morgan fingerprint density at radius 2 is 1.80 bits per heavy atom. The van der Waals surface area contributed by atoms with Crippen LogP contribution in [0.25, 0.3) is 0 Å². The van der Waals surface area contributed by atoms with E-state index < -0.39 is 6.09 Å². The number of nitrogens with one attached hydrogen (secondary N) is 1. The average molecular weight is 743 g/mol. The summed E-state index contributed by atoms with van der Waals surface area (Å²) < 4.78 is 28.8. The molecule has 11 heteroatoms. The molecule has 0 radical (unpaired) electrons. The van der Waals surface area contributed by atoms with E-state index in [1.165, 1.54) is 10.5 Å². The molecule has 1 aliphatic heterocycles. The molecule has 2 amide bonds. The molecule has 9 nitrogen and oxygen atoms in total. The minimum Gasteiger partial charge on any atom is -1.00 e. The molecular weight excluding hydrogens is 682 g/mol. The molecule has 45 heavy (non-hydrogen) atoms. The molecule has 1 saturated heterocycles. The smallest absolute Gasteiger partial charge is 1.00 e. The van der Waals surface area contributed by atoms with Crippen molar-refractivity contribution in [3.05, 3.63) is 37.6 Å². The molecule has 1 aliphatic rings. The van der Waals surface area contributed by atoms with Crippen LogP contribution in [0.4, 0.5) is 4.79 Å². The van der Waals surface area contributed by atoms with Crippen molar-refractivity contribution in [3.8, 4) is 0 Å². The van der Waals surface area contributed by atoms with E-state index >= 15 is 0 Å². The van der Waals surface area contributed by atoms with E-state index in [4.69, 9.17) is 23.7 Å². The van der Waals surface area contributed by atoms with Gasteiger partial charge >= 0.3 is 25.0 Å². The fourth-order valence-corrected chi connectivity index (χ4v) is 5.53. The van der Waals surface area contributed by atoms with Crippen LogP contribution in [0.15, 0.2) is 23.8 Å². The Balaban J connectivity index is 0. The number of rotatable bonds is 20. The summed E-state index contributed by atoms with van der Waals surface area (Å²) in [7, 11) is 1.74. The predicted octanol–water partition coefficient (Wildman–Crippen LogP) is -0.0548. The van der Waals surface area contributed by atoms with Crippen LogP contribution in [0.3, 0.4) is 0 Å². The third-order valence-corrected chi connectivity index (χ3v) is 7.85. The van der Waals surface area contributed by atoms with Gasteiger partial charge in [-0.1, -0.05) is 39.0 Å². The number of amides is 2. The first-order valence-corrected chi connectivity index (χ1v) is 15.9. The summed E-state index contributed by atoms with van der Waals surface area (Å²) in [5, 5.41) is 2.97. The van der Waals surface area contributed by atoms with Crippen LogP contribution >= 0.6 is 0 Å². The van der Waals surface area contributed by atoms with Crippen LogP contribution in [-0.2, 0) is 28.5 Å². The molecule has 1 N–H and O–H groups in total. The zero-order valence-corrected chi connectivity index (χ0v) is 31.7. The Kier molecular flexibility index (Phi) is 26.3. The fraction of sp³-hybridized carbons (Fsp3) is 0.765. The summed E-state index contributed by atoms with van der Waals surface area (Å²) in [6, 6.07) is 0. The number of allylic oxidation sites excluding steroid dienone is 3. The summed E-state index contributed by atoms with van der Waals surface area (Å²) >= 11 is 0. The molecule has 1 rings (SSSR count). The Morgan fingerprint density at radius 3 is 2.40 bits per heavy atom. The van der Waals surface area contributed by atoms with Gasteiger partial charge in [-0.3, -0.25) is 4.79 Å². The van der Waals surface area contributed by atoms with E-state index in [2.05, 4.69) is 85.9 Å². The molecular formula is C34H60ILiN2O7-2. The van der Waals surface area contributed by atoms with Crippen LogP contribution in [0, 0.1) is 25.7 Å². The maximum Gasteiger partial charge on any atom is 1.00 e. The number of hydrogen-bond donors (Lipinski definition) is 1. The maximum atomic E-state index is 12.3. The van der Waals surface area contributed by atoms with Gasteiger partial charge in [-0.15, -0.1) is 13.1 Å². The number of carbonyl (C=O) groups is 2. The molecule has 1 fully saturated rings. The van der Waals surface area contributed by atoms with Crippen molar-refractivity contribution in [1.29, 1.82) is 0 Å². The molecule has 0 aliphatic carbocycles. The predicted molar refractivity (Wildman–Crippen MR) is 172 cm³/mol. The molecule has 0 bridgehead atoms. The number of ether oxygens (including phenoxy) is 5. The second kappa shape index (κ2) is 25.4. The second-order valence-electron chi connectivity index (χ2n) is 12.2. The Labute approximate surface area is 303 Å². The topological polar surface area (TPSA) is 95.6 Å². The van der Waals surface area contributed by atoms with Crippen LogP contribution in [0.2, 0.25) is 0 Å². The standard InChI is InChI=1S/C34H60N2O7.HI.Li/c1-11-30(39-10)28(7)43-34(8,9)23-25(4)15-14-16-26(5)32-27(6)17-18-29(42-32)24-35-31(37)19-20-40-21-22-41-33(38)36(12-2)13-3;;/h14-16,25,27-30,32H,2-3,11-13,17-24H2,1,4-10H3,(H,35,37);1H;/q-2;;+1/p-1/b15-14+,26-16+;;/t25-,27+,28?,29-,30+,32-;;/m1../s1. The Hall–Kier alpha value is -0.613. The van der Waals surface area contributed by atoms with E-state index in [-0.39, 0.29) is 105 Å². The zero-order valence-electron chi connectivity index (χ0n) is 29.6. The van der Waals surface area contributed by atoms with Crippen molar-refractivity contribution in [2.75, 3.05) is 46.6 Å². The third-order valence-electron chi connectivity index (χ3n) is 7.85. The van der Waals surface area contributed by atoms with E-state index in [0.29, 0.717) is 31.5 Å². The second-order valence-corrected chi connectivity index (χ2v) is 12.2. The monoisotopic (exact) mass is 742 g/mol. The first kappa shape index (κ1) is 46.5. The summed E-state index contributed by atoms with van der Waals surface area (Å²) in [6.07, 6.45) is 10.2. The summed E-state index contributed by atoms with van der Waals surface area (Å²) in [5.41, 5.74) is 0.930. The van der Waals surface area contributed by atoms with Crippen molar-refractivity contribution in [2.45, 2.75) is 111 Å². The summed E-state index contributed by atoms with van der Waals surface area (Å²) in [6.45, 7) is 24.0. The van der Waals surface area contributed by atoms with Gasteiger partial charge in [0.1, 0.15) is 6.61 Å². The number of nitrogens with zero attached hydrogens (tertiary/aromatic N) is 1. The molecule has 0 aromatic rings. The van der Waals surface area contributed by atoms with Gasteiger partial charge in [0.15, 0.2) is 0 Å². The molecule has 0 saturated carbocycles. The molecule has 258 valence electrons. The molecule has 0 aromatic carbocycles. The Bertz CT molecular complexity index is 865. The minimum atomic E-state index is -0.467. The average Bonchev–Trinajstić information content (AvgIpc) is 2.95. The van der Waals surface area contributed by atoms with E-state index in [0.717, 1.165) is 25.7 Å². The first-order chi connectivity index (χ1) is 20.4. The SMILES string of the molecule is [CH2-]CN(C[CH2-])C(=O)OCCOCCC(=O)NC[C@H]1CC[C@H](C)[C@@H](/C(C)=C/C=C/[C@@H](C)CC(C)(C)OC(C)[C@H](CC)OC)O1.[I-].[Li+]. The van der Waals surface area contributed by atoms with Gasteiger partial charge in [0.2, 0.25) is 5.91 Å². The van der Waals surface area contributed by atoms with Gasteiger partial charge in [-0.05, 0) is 70.8 Å². The number of carbonyl (C=O) groups excluding carboxylic acids is 2. The van der Waals surface area contributed by atoms with Crippen LogP contribution in [0.5, 0.6) is 0 Å². The van der Waals surface area contributed by atoms with Gasteiger partial charge < -0.3 is 71.7 Å². The molecule has 6 atom stereocenters. The maximum absolute atomic E-state index is 12.3. The van der Waals surface area contributed by atoms with Gasteiger partial charge in [0.05, 0.1) is 43.2 Å². The Morgan fingerprint density at radius 1 is 1.13 bits per heavy atom. The number of hydrogen-bond acceptors (Lipinski definition) is 7. The van der Waals surface area contributed by atoms with E-state index in [1.54, 1.807) is 7.11 Å². The van der Waals surface area contributed by atoms with Gasteiger partial charge in [0, 0.05) is 20.1 Å². The van der Waals surface area contributed by atoms with Crippen LogP contribution in [0.1, 0.15) is 80.6 Å². The van der Waals surface area contributed by atoms with Crippen LogP contribution < -0.4 is 48.2 Å². The van der Waals surface area contributed by atoms with Crippen molar-refractivity contribution >= 4 is 12.0 Å². The normalized spacial score (nSPS) is 20.8. The van der Waals surface area contributed by atoms with Crippen molar-refractivity contribution in [1.82, 2.24) is 10.2 Å². The molecule has 0 aromatic heterocycles. The molecule has 1 heterocycles. The van der Waals surface area contributed by atoms with Crippen molar-refractivity contribution in [2.24, 2.45) is 11.8 Å². The van der Waals surface area contributed by atoms with Crippen molar-refractivity contribution < 1.29 is 76.1 Å². The fourth-order valence-electron chi connectivity index (χ4n) is 5.53. The number of halogens is 1. The quantitative estimate of drug-likeness (QED) is 0.0615. The largest absolute Gasteiger partial charge is 1.00 e. The van der Waals surface area contributed by atoms with Gasteiger partial charge in [-0.25, -0.2) is 4.79 Å². The van der Waals surface area contributed by atoms with Gasteiger partial charge in [0.25, 0.3) is 0 Å².